The van der Waals surface area contributed by atoms with Crippen LogP contribution >= 0.6 is 11.3 Å². The number of rotatable bonds is 4. The molecule has 4 N–H and O–H groups in total. The molecule has 0 unspecified atom stereocenters. The molecule has 0 saturated carbocycles. The van der Waals surface area contributed by atoms with Crippen LogP contribution in [0.4, 0.5) is 15.1 Å². The van der Waals surface area contributed by atoms with Crippen LogP contribution in [0.25, 0.3) is 0 Å². The van der Waals surface area contributed by atoms with Gasteiger partial charge in [0.1, 0.15) is 21.8 Å². The van der Waals surface area contributed by atoms with Crippen molar-refractivity contribution in [2.45, 2.75) is 6.54 Å². The standard InChI is InChI=1S/C14H13FN4OS/c1-18-13(20)11-12(17)10(6-16)21-14(11)19-7-8-2-4-9(15)5-3-8/h2-5,19H,7,17H2,1H3,(H,18,20). The van der Waals surface area contributed by atoms with E-state index in [2.05, 4.69) is 10.6 Å². The van der Waals surface area contributed by atoms with Gasteiger partial charge in [-0.15, -0.1) is 11.3 Å². The number of nitrogens with one attached hydrogen (secondary N) is 2. The van der Waals surface area contributed by atoms with Crippen LogP contribution in [-0.4, -0.2) is 13.0 Å². The Balaban J connectivity index is 2.25. The first kappa shape index (κ1) is 14.8. The SMILES string of the molecule is CNC(=O)c1c(NCc2ccc(F)cc2)sc(C#N)c1N. The number of hydrogen-bond acceptors (Lipinski definition) is 5. The Hall–Kier alpha value is -2.59. The molecule has 0 spiro atoms. The van der Waals surface area contributed by atoms with Crippen LogP contribution < -0.4 is 16.4 Å². The molecular formula is C14H13FN4OS. The zero-order chi connectivity index (χ0) is 15.4. The lowest BCUT2D eigenvalue weighted by atomic mass is 10.2. The Kier molecular flexibility index (Phi) is 4.40. The van der Waals surface area contributed by atoms with Crippen molar-refractivity contribution in [3.63, 3.8) is 0 Å². The van der Waals surface area contributed by atoms with Gasteiger partial charge in [0.25, 0.3) is 5.91 Å². The Morgan fingerprint density at radius 2 is 2.10 bits per heavy atom. The molecule has 1 amide bonds. The smallest absolute Gasteiger partial charge is 0.256 e. The summed E-state index contributed by atoms with van der Waals surface area (Å²) >= 11 is 1.12. The molecule has 0 atom stereocenters. The highest BCUT2D eigenvalue weighted by Crippen LogP contribution is 2.35. The van der Waals surface area contributed by atoms with Gasteiger partial charge in [-0.2, -0.15) is 5.26 Å². The Morgan fingerprint density at radius 1 is 1.43 bits per heavy atom. The molecule has 1 aromatic heterocycles. The van der Waals surface area contributed by atoms with E-state index in [1.165, 1.54) is 19.2 Å². The second kappa shape index (κ2) is 6.24. The highest BCUT2D eigenvalue weighted by molar-refractivity contribution is 7.17. The molecule has 108 valence electrons. The first-order chi connectivity index (χ1) is 10.1. The molecule has 0 radical (unpaired) electrons. The monoisotopic (exact) mass is 304 g/mol. The van der Waals surface area contributed by atoms with Crippen molar-refractivity contribution in [3.05, 3.63) is 46.1 Å². The number of nitrogens with zero attached hydrogens (tertiary/aromatic N) is 1. The van der Waals surface area contributed by atoms with Gasteiger partial charge in [-0.05, 0) is 17.7 Å². The van der Waals surface area contributed by atoms with Crippen molar-refractivity contribution in [1.82, 2.24) is 5.32 Å². The molecule has 21 heavy (non-hydrogen) atoms. The minimum absolute atomic E-state index is 0.170. The molecule has 0 aliphatic heterocycles. The van der Waals surface area contributed by atoms with Crippen molar-refractivity contribution in [2.24, 2.45) is 0 Å². The maximum Gasteiger partial charge on any atom is 0.256 e. The van der Waals surface area contributed by atoms with Gasteiger partial charge >= 0.3 is 0 Å². The molecule has 5 nitrogen and oxygen atoms in total. The predicted octanol–water partition coefficient (Wildman–Crippen LogP) is 2.31. The zero-order valence-corrected chi connectivity index (χ0v) is 12.1. The van der Waals surface area contributed by atoms with E-state index >= 15 is 0 Å². The molecule has 2 aromatic rings. The molecule has 1 heterocycles. The number of anilines is 2. The van der Waals surface area contributed by atoms with Crippen LogP contribution in [0.2, 0.25) is 0 Å². The molecule has 0 aliphatic rings. The average Bonchev–Trinajstić information content (AvgIpc) is 2.82. The summed E-state index contributed by atoms with van der Waals surface area (Å²) in [6.45, 7) is 0.398. The number of carbonyl (C=O) groups excluding carboxylic acids is 1. The molecule has 0 saturated heterocycles. The van der Waals surface area contributed by atoms with Gasteiger partial charge in [-0.3, -0.25) is 4.79 Å². The number of thiophene rings is 1. The van der Waals surface area contributed by atoms with Crippen LogP contribution in [0.1, 0.15) is 20.8 Å². The lowest BCUT2D eigenvalue weighted by Crippen LogP contribution is -2.20. The topological polar surface area (TPSA) is 90.9 Å². The van der Waals surface area contributed by atoms with Crippen molar-refractivity contribution < 1.29 is 9.18 Å². The van der Waals surface area contributed by atoms with E-state index in [-0.39, 0.29) is 27.9 Å². The highest BCUT2D eigenvalue weighted by atomic mass is 32.1. The first-order valence-electron chi connectivity index (χ1n) is 6.09. The highest BCUT2D eigenvalue weighted by Gasteiger charge is 2.21. The second-order valence-corrected chi connectivity index (χ2v) is 5.24. The Bertz CT molecular complexity index is 703. The summed E-state index contributed by atoms with van der Waals surface area (Å²) in [5, 5.41) is 15.1. The van der Waals surface area contributed by atoms with Crippen LogP contribution in [0.5, 0.6) is 0 Å². The maximum absolute atomic E-state index is 12.8. The van der Waals surface area contributed by atoms with Gasteiger partial charge in [0.05, 0.1) is 11.3 Å². The van der Waals surface area contributed by atoms with Gasteiger partial charge in [-0.1, -0.05) is 12.1 Å². The van der Waals surface area contributed by atoms with E-state index in [0.717, 1.165) is 16.9 Å². The van der Waals surface area contributed by atoms with Gasteiger partial charge < -0.3 is 16.4 Å². The summed E-state index contributed by atoms with van der Waals surface area (Å²) in [6, 6.07) is 7.97. The van der Waals surface area contributed by atoms with E-state index in [1.807, 2.05) is 6.07 Å². The van der Waals surface area contributed by atoms with Gasteiger partial charge in [0.15, 0.2) is 0 Å². The lowest BCUT2D eigenvalue weighted by Gasteiger charge is -2.07. The van der Waals surface area contributed by atoms with Gasteiger partial charge in [0.2, 0.25) is 0 Å². The van der Waals surface area contributed by atoms with E-state index in [9.17, 15) is 9.18 Å². The molecule has 7 heteroatoms. The summed E-state index contributed by atoms with van der Waals surface area (Å²) in [4.78, 5) is 12.1. The van der Waals surface area contributed by atoms with Gasteiger partial charge in [-0.25, -0.2) is 4.39 Å². The fourth-order valence-corrected chi connectivity index (χ4v) is 2.70. The van der Waals surface area contributed by atoms with Crippen molar-refractivity contribution >= 4 is 27.9 Å². The zero-order valence-electron chi connectivity index (χ0n) is 11.2. The summed E-state index contributed by atoms with van der Waals surface area (Å²) in [6.07, 6.45) is 0. The number of carbonyl (C=O) groups is 1. The molecular weight excluding hydrogens is 291 g/mol. The summed E-state index contributed by atoms with van der Waals surface area (Å²) in [5.74, 6) is -0.663. The van der Waals surface area contributed by atoms with Crippen LogP contribution in [0.15, 0.2) is 24.3 Å². The largest absolute Gasteiger partial charge is 0.396 e. The van der Waals surface area contributed by atoms with E-state index < -0.39 is 0 Å². The third-order valence-corrected chi connectivity index (χ3v) is 3.94. The van der Waals surface area contributed by atoms with Crippen molar-refractivity contribution in [3.8, 4) is 6.07 Å². The average molecular weight is 304 g/mol. The third-order valence-electron chi connectivity index (χ3n) is 2.87. The minimum Gasteiger partial charge on any atom is -0.396 e. The molecule has 0 bridgehead atoms. The Morgan fingerprint density at radius 3 is 2.67 bits per heavy atom. The van der Waals surface area contributed by atoms with Gasteiger partial charge in [0, 0.05) is 13.6 Å². The Labute approximate surface area is 125 Å². The van der Waals surface area contributed by atoms with Crippen molar-refractivity contribution in [1.29, 1.82) is 5.26 Å². The fraction of sp³-hybridized carbons (Fsp3) is 0.143. The molecule has 1 aromatic carbocycles. The van der Waals surface area contributed by atoms with Crippen LogP contribution in [0, 0.1) is 17.1 Å². The number of nitrogen functional groups attached to an aromatic ring is 1. The molecule has 2 rings (SSSR count). The maximum atomic E-state index is 12.8. The first-order valence-corrected chi connectivity index (χ1v) is 6.91. The number of nitrogens with two attached hydrogens (primary N) is 1. The van der Waals surface area contributed by atoms with E-state index in [4.69, 9.17) is 11.0 Å². The number of halogens is 1. The van der Waals surface area contributed by atoms with Crippen molar-refractivity contribution in [2.75, 3.05) is 18.1 Å². The quantitative estimate of drug-likeness (QED) is 0.808. The minimum atomic E-state index is -0.355. The van der Waals surface area contributed by atoms with Crippen LogP contribution in [-0.2, 0) is 6.54 Å². The lowest BCUT2D eigenvalue weighted by molar-refractivity contribution is 0.0965. The number of amides is 1. The number of hydrogen-bond donors (Lipinski definition) is 3. The van der Waals surface area contributed by atoms with E-state index in [0.29, 0.717) is 11.5 Å². The molecule has 0 aliphatic carbocycles. The third kappa shape index (κ3) is 3.12. The predicted molar refractivity (Wildman–Crippen MR) is 80.6 cm³/mol. The summed E-state index contributed by atoms with van der Waals surface area (Å²) in [7, 11) is 1.50. The number of nitriles is 1. The van der Waals surface area contributed by atoms with Crippen LogP contribution in [0.3, 0.4) is 0 Å². The summed E-state index contributed by atoms with van der Waals surface area (Å²) < 4.78 is 12.8. The second-order valence-electron chi connectivity index (χ2n) is 4.22. The summed E-state index contributed by atoms with van der Waals surface area (Å²) in [5.41, 5.74) is 7.10. The number of benzene rings is 1. The van der Waals surface area contributed by atoms with E-state index in [1.54, 1.807) is 12.1 Å². The normalized spacial score (nSPS) is 9.95. The molecule has 0 fully saturated rings. The fourth-order valence-electron chi connectivity index (χ4n) is 1.79.